The van der Waals surface area contributed by atoms with Crippen molar-refractivity contribution in [2.45, 2.75) is 42.7 Å². The van der Waals surface area contributed by atoms with Crippen LogP contribution < -0.4 is 14.2 Å². The molecule has 3 aliphatic rings. The minimum atomic E-state index is -3.62. The van der Waals surface area contributed by atoms with Crippen LogP contribution in [0.25, 0.3) is 0 Å². The van der Waals surface area contributed by atoms with E-state index in [0.717, 1.165) is 38.8 Å². The van der Waals surface area contributed by atoms with E-state index in [9.17, 15) is 8.42 Å². The van der Waals surface area contributed by atoms with Gasteiger partial charge in [0.25, 0.3) is 0 Å². The smallest absolute Gasteiger partial charge is 0.244 e. The molecule has 6 nitrogen and oxygen atoms in total. The molecule has 1 N–H and O–H groups in total. The third-order valence-electron chi connectivity index (χ3n) is 4.97. The number of para-hydroxylation sites is 1. The van der Waals surface area contributed by atoms with Crippen LogP contribution in [0, 0.1) is 0 Å². The second-order valence-electron chi connectivity index (χ2n) is 6.40. The molecule has 126 valence electrons. The molecule has 3 heterocycles. The van der Waals surface area contributed by atoms with Gasteiger partial charge in [0.2, 0.25) is 10.0 Å². The zero-order chi connectivity index (χ0) is 15.9. The molecule has 0 amide bonds. The number of benzene rings is 1. The van der Waals surface area contributed by atoms with E-state index in [1.165, 1.54) is 0 Å². The first-order chi connectivity index (χ1) is 11.1. The molecule has 2 atom stereocenters. The topological polar surface area (TPSA) is 67.9 Å². The van der Waals surface area contributed by atoms with E-state index in [1.54, 1.807) is 18.2 Å². The molecule has 0 radical (unpaired) electrons. The van der Waals surface area contributed by atoms with Gasteiger partial charge in [-0.3, -0.25) is 4.90 Å². The molecule has 7 heteroatoms. The summed E-state index contributed by atoms with van der Waals surface area (Å²) in [5.74, 6) is 0.843. The summed E-state index contributed by atoms with van der Waals surface area (Å²) in [6, 6.07) is 5.34. The van der Waals surface area contributed by atoms with Crippen LogP contribution in [0.5, 0.6) is 11.5 Å². The minimum absolute atomic E-state index is 0.0170. The van der Waals surface area contributed by atoms with Crippen LogP contribution in [-0.4, -0.2) is 51.7 Å². The Morgan fingerprint density at radius 3 is 2.74 bits per heavy atom. The van der Waals surface area contributed by atoms with Crippen molar-refractivity contribution in [2.24, 2.45) is 0 Å². The van der Waals surface area contributed by atoms with Gasteiger partial charge in [-0.05, 0) is 50.9 Å². The second-order valence-corrected chi connectivity index (χ2v) is 8.08. The van der Waals surface area contributed by atoms with Crippen molar-refractivity contribution in [3.05, 3.63) is 18.2 Å². The van der Waals surface area contributed by atoms with Gasteiger partial charge >= 0.3 is 0 Å². The Bertz CT molecular complexity index is 691. The molecule has 3 aliphatic heterocycles. The lowest BCUT2D eigenvalue weighted by Gasteiger charge is -2.37. The Labute approximate surface area is 136 Å². The predicted molar refractivity (Wildman–Crippen MR) is 85.4 cm³/mol. The number of nitrogens with one attached hydrogen (secondary N) is 1. The number of rotatable bonds is 3. The summed E-state index contributed by atoms with van der Waals surface area (Å²) in [6.07, 6.45) is 4.16. The summed E-state index contributed by atoms with van der Waals surface area (Å²) >= 11 is 0. The molecule has 0 aliphatic carbocycles. The standard InChI is InChI=1S/C16H22N2O4S/c19-23(20,15-7-1-6-14-16(15)22-11-10-21-14)17-12-4-2-8-18-9-3-5-13(12)18/h1,6-7,12-13,17H,2-5,8-11H2/t12-,13-/m0/s1. The maximum absolute atomic E-state index is 12.9. The number of nitrogens with zero attached hydrogens (tertiary/aromatic N) is 1. The second kappa shape index (κ2) is 5.96. The Morgan fingerprint density at radius 1 is 1.09 bits per heavy atom. The molecule has 0 unspecified atom stereocenters. The SMILES string of the molecule is O=S(=O)(N[C@H]1CCCN2CCC[C@@H]12)c1cccc2c1OCCO2. The maximum atomic E-state index is 12.9. The van der Waals surface area contributed by atoms with Crippen molar-refractivity contribution in [3.8, 4) is 11.5 Å². The van der Waals surface area contributed by atoms with Gasteiger partial charge in [0, 0.05) is 12.1 Å². The fourth-order valence-corrected chi connectivity index (χ4v) is 5.41. The predicted octanol–water partition coefficient (Wildman–Crippen LogP) is 1.36. The molecule has 2 fully saturated rings. The van der Waals surface area contributed by atoms with Crippen molar-refractivity contribution in [1.29, 1.82) is 0 Å². The van der Waals surface area contributed by atoms with Gasteiger partial charge in [-0.2, -0.15) is 0 Å². The Balaban J connectivity index is 1.61. The van der Waals surface area contributed by atoms with Crippen LogP contribution in [-0.2, 0) is 10.0 Å². The first-order valence-electron chi connectivity index (χ1n) is 8.30. The molecular formula is C16H22N2O4S. The van der Waals surface area contributed by atoms with Gasteiger partial charge in [0.1, 0.15) is 18.1 Å². The molecule has 0 bridgehead atoms. The van der Waals surface area contributed by atoms with Crippen molar-refractivity contribution in [1.82, 2.24) is 9.62 Å². The molecule has 0 saturated carbocycles. The third-order valence-corrected chi connectivity index (χ3v) is 6.48. The quantitative estimate of drug-likeness (QED) is 0.901. The molecular weight excluding hydrogens is 316 g/mol. The number of piperidine rings is 1. The number of ether oxygens (including phenoxy) is 2. The highest BCUT2D eigenvalue weighted by Crippen LogP contribution is 2.37. The van der Waals surface area contributed by atoms with Crippen molar-refractivity contribution < 1.29 is 17.9 Å². The fraction of sp³-hybridized carbons (Fsp3) is 0.625. The highest BCUT2D eigenvalue weighted by molar-refractivity contribution is 7.89. The molecule has 23 heavy (non-hydrogen) atoms. The van der Waals surface area contributed by atoms with E-state index in [-0.39, 0.29) is 10.9 Å². The van der Waals surface area contributed by atoms with Crippen LogP contribution in [0.15, 0.2) is 23.1 Å². The number of fused-ring (bicyclic) bond motifs is 2. The van der Waals surface area contributed by atoms with Crippen LogP contribution in [0.4, 0.5) is 0 Å². The van der Waals surface area contributed by atoms with Crippen molar-refractivity contribution in [2.75, 3.05) is 26.3 Å². The number of hydrogen-bond acceptors (Lipinski definition) is 5. The summed E-state index contributed by atoms with van der Waals surface area (Å²) in [5, 5.41) is 0. The summed E-state index contributed by atoms with van der Waals surface area (Å²) in [6.45, 7) is 2.99. The number of hydrogen-bond donors (Lipinski definition) is 1. The van der Waals surface area contributed by atoms with Crippen molar-refractivity contribution in [3.63, 3.8) is 0 Å². The molecule has 1 aromatic carbocycles. The first kappa shape index (κ1) is 15.2. The summed E-state index contributed by atoms with van der Waals surface area (Å²) in [7, 11) is -3.62. The van der Waals surface area contributed by atoms with E-state index in [0.29, 0.717) is 30.8 Å². The zero-order valence-corrected chi connectivity index (χ0v) is 13.8. The number of sulfonamides is 1. The maximum Gasteiger partial charge on any atom is 0.244 e. The fourth-order valence-electron chi connectivity index (χ4n) is 3.95. The average Bonchev–Trinajstić information content (AvgIpc) is 3.04. The van der Waals surface area contributed by atoms with Crippen LogP contribution in [0.3, 0.4) is 0 Å². The van der Waals surface area contributed by atoms with E-state index < -0.39 is 10.0 Å². The summed E-state index contributed by atoms with van der Waals surface area (Å²) < 4.78 is 39.8. The average molecular weight is 338 g/mol. The molecule has 0 aromatic heterocycles. The van der Waals surface area contributed by atoms with E-state index >= 15 is 0 Å². The zero-order valence-electron chi connectivity index (χ0n) is 13.0. The summed E-state index contributed by atoms with van der Waals surface area (Å²) in [5.41, 5.74) is 0. The Morgan fingerprint density at radius 2 is 1.87 bits per heavy atom. The van der Waals surface area contributed by atoms with Gasteiger partial charge < -0.3 is 9.47 Å². The van der Waals surface area contributed by atoms with Gasteiger partial charge in [0.05, 0.1) is 0 Å². The van der Waals surface area contributed by atoms with E-state index in [1.807, 2.05) is 0 Å². The molecule has 0 spiro atoms. The molecule has 4 rings (SSSR count). The highest BCUT2D eigenvalue weighted by atomic mass is 32.2. The monoisotopic (exact) mass is 338 g/mol. The largest absolute Gasteiger partial charge is 0.486 e. The van der Waals surface area contributed by atoms with Gasteiger partial charge in [0.15, 0.2) is 11.5 Å². The third kappa shape index (κ3) is 2.81. The summed E-state index contributed by atoms with van der Waals surface area (Å²) in [4.78, 5) is 2.60. The van der Waals surface area contributed by atoms with E-state index in [4.69, 9.17) is 9.47 Å². The van der Waals surface area contributed by atoms with Crippen LogP contribution >= 0.6 is 0 Å². The van der Waals surface area contributed by atoms with Gasteiger partial charge in [-0.15, -0.1) is 0 Å². The lowest BCUT2D eigenvalue weighted by atomic mass is 9.97. The van der Waals surface area contributed by atoms with Gasteiger partial charge in [-0.1, -0.05) is 6.07 Å². The van der Waals surface area contributed by atoms with Gasteiger partial charge in [-0.25, -0.2) is 13.1 Å². The van der Waals surface area contributed by atoms with E-state index in [2.05, 4.69) is 9.62 Å². The minimum Gasteiger partial charge on any atom is -0.486 e. The highest BCUT2D eigenvalue weighted by Gasteiger charge is 2.37. The molecule has 1 aromatic rings. The molecule has 2 saturated heterocycles. The normalized spacial score (nSPS) is 27.7. The Kier molecular flexibility index (Phi) is 3.95. The Hall–Kier alpha value is -1.31. The van der Waals surface area contributed by atoms with Crippen LogP contribution in [0.2, 0.25) is 0 Å². The van der Waals surface area contributed by atoms with Crippen molar-refractivity contribution >= 4 is 10.0 Å². The first-order valence-corrected chi connectivity index (χ1v) is 9.78. The van der Waals surface area contributed by atoms with Crippen LogP contribution in [0.1, 0.15) is 25.7 Å². The lowest BCUT2D eigenvalue weighted by molar-refractivity contribution is 0.163. The lowest BCUT2D eigenvalue weighted by Crippen LogP contribution is -2.52.